The van der Waals surface area contributed by atoms with Crippen LogP contribution in [-0.2, 0) is 4.74 Å². The standard InChI is InChI=1S/C23H30ClN5O3/c1-15(2)20-13-26-29-22(28-4-6-31-7-5-28)11-21(27-23(20)29)16-8-17(24)10-19(9-16)32-14-18(30)12-25-3/h8-11,13,15,18,25,30H,4-7,12,14H2,1-3H3. The first-order chi connectivity index (χ1) is 15.5. The van der Waals surface area contributed by atoms with Gasteiger partial charge in [-0.25, -0.2) is 4.98 Å². The highest BCUT2D eigenvalue weighted by Gasteiger charge is 2.20. The van der Waals surface area contributed by atoms with Gasteiger partial charge < -0.3 is 24.8 Å². The Bertz CT molecular complexity index is 1070. The van der Waals surface area contributed by atoms with Crippen LogP contribution in [0.15, 0.2) is 30.5 Å². The van der Waals surface area contributed by atoms with Gasteiger partial charge in [-0.05, 0) is 31.2 Å². The van der Waals surface area contributed by atoms with E-state index in [2.05, 4.69) is 29.2 Å². The first-order valence-corrected chi connectivity index (χ1v) is 11.3. The first-order valence-electron chi connectivity index (χ1n) is 10.9. The molecule has 3 heterocycles. The van der Waals surface area contributed by atoms with Crippen molar-refractivity contribution in [2.75, 3.05) is 51.4 Å². The number of hydrogen-bond acceptors (Lipinski definition) is 7. The summed E-state index contributed by atoms with van der Waals surface area (Å²) in [4.78, 5) is 7.23. The van der Waals surface area contributed by atoms with Gasteiger partial charge in [0.2, 0.25) is 0 Å². The highest BCUT2D eigenvalue weighted by Crippen LogP contribution is 2.32. The van der Waals surface area contributed by atoms with Crippen molar-refractivity contribution in [3.63, 3.8) is 0 Å². The van der Waals surface area contributed by atoms with Crippen LogP contribution in [0, 0.1) is 0 Å². The number of nitrogens with one attached hydrogen (secondary N) is 1. The van der Waals surface area contributed by atoms with Gasteiger partial charge in [0.1, 0.15) is 24.3 Å². The van der Waals surface area contributed by atoms with Crippen LogP contribution in [0.5, 0.6) is 5.75 Å². The normalized spacial score (nSPS) is 15.5. The predicted octanol–water partition coefficient (Wildman–Crippen LogP) is 2.97. The third kappa shape index (κ3) is 4.99. The highest BCUT2D eigenvalue weighted by atomic mass is 35.5. The Kier molecular flexibility index (Phi) is 7.15. The van der Waals surface area contributed by atoms with Crippen LogP contribution in [-0.4, -0.2) is 72.3 Å². The number of aromatic nitrogens is 3. The number of hydrogen-bond donors (Lipinski definition) is 2. The molecule has 0 aliphatic carbocycles. The van der Waals surface area contributed by atoms with Crippen LogP contribution in [0.2, 0.25) is 5.02 Å². The van der Waals surface area contributed by atoms with Gasteiger partial charge in [-0.2, -0.15) is 9.61 Å². The number of ether oxygens (including phenoxy) is 2. The van der Waals surface area contributed by atoms with Crippen molar-refractivity contribution >= 4 is 23.1 Å². The van der Waals surface area contributed by atoms with Crippen LogP contribution in [0.3, 0.4) is 0 Å². The number of nitrogens with zero attached hydrogens (tertiary/aromatic N) is 4. The molecular weight excluding hydrogens is 430 g/mol. The average Bonchev–Trinajstić information content (AvgIpc) is 3.22. The zero-order chi connectivity index (χ0) is 22.7. The molecule has 1 unspecified atom stereocenters. The molecule has 4 rings (SSSR count). The van der Waals surface area contributed by atoms with Gasteiger partial charge in [0.05, 0.1) is 25.1 Å². The van der Waals surface area contributed by atoms with Crippen molar-refractivity contribution in [2.45, 2.75) is 25.9 Å². The minimum absolute atomic E-state index is 0.173. The molecule has 3 aromatic rings. The number of aliphatic hydroxyl groups is 1. The largest absolute Gasteiger partial charge is 0.491 e. The summed E-state index contributed by atoms with van der Waals surface area (Å²) in [6.45, 7) is 7.86. The number of fused-ring (bicyclic) bond motifs is 1. The molecule has 1 aromatic carbocycles. The van der Waals surface area contributed by atoms with E-state index >= 15 is 0 Å². The predicted molar refractivity (Wildman–Crippen MR) is 126 cm³/mol. The molecule has 0 saturated carbocycles. The maximum Gasteiger partial charge on any atom is 0.161 e. The molecule has 0 amide bonds. The van der Waals surface area contributed by atoms with E-state index in [0.29, 0.717) is 36.4 Å². The molecule has 0 bridgehead atoms. The third-order valence-electron chi connectivity index (χ3n) is 5.49. The van der Waals surface area contributed by atoms with Crippen molar-refractivity contribution in [3.05, 3.63) is 41.0 Å². The minimum atomic E-state index is -0.606. The molecule has 172 valence electrons. The lowest BCUT2D eigenvalue weighted by atomic mass is 10.1. The Balaban J connectivity index is 1.75. The monoisotopic (exact) mass is 459 g/mol. The fourth-order valence-corrected chi connectivity index (χ4v) is 4.04. The zero-order valence-corrected chi connectivity index (χ0v) is 19.5. The molecular formula is C23H30ClN5O3. The third-order valence-corrected chi connectivity index (χ3v) is 5.70. The Morgan fingerprint density at radius 2 is 2.00 bits per heavy atom. The molecule has 1 saturated heterocycles. The minimum Gasteiger partial charge on any atom is -0.491 e. The van der Waals surface area contributed by atoms with Crippen LogP contribution in [0.4, 0.5) is 5.82 Å². The Labute approximate surface area is 193 Å². The van der Waals surface area contributed by atoms with Crippen molar-refractivity contribution in [2.24, 2.45) is 0 Å². The molecule has 2 N–H and O–H groups in total. The van der Waals surface area contributed by atoms with Crippen LogP contribution >= 0.6 is 11.6 Å². The topological polar surface area (TPSA) is 84.1 Å². The van der Waals surface area contributed by atoms with Gasteiger partial charge in [0.25, 0.3) is 0 Å². The molecule has 0 spiro atoms. The maximum absolute atomic E-state index is 9.97. The second kappa shape index (κ2) is 10.0. The summed E-state index contributed by atoms with van der Waals surface area (Å²) in [6, 6.07) is 7.58. The molecule has 9 heteroatoms. The number of aliphatic hydroxyl groups excluding tert-OH is 1. The lowest BCUT2D eigenvalue weighted by molar-refractivity contribution is 0.108. The van der Waals surface area contributed by atoms with E-state index < -0.39 is 6.10 Å². The quantitative estimate of drug-likeness (QED) is 0.535. The SMILES string of the molecule is CNCC(O)COc1cc(Cl)cc(-c2cc(N3CCOCC3)n3ncc(C(C)C)c3n2)c1. The summed E-state index contributed by atoms with van der Waals surface area (Å²) in [7, 11) is 1.79. The van der Waals surface area contributed by atoms with Crippen molar-refractivity contribution in [3.8, 4) is 17.0 Å². The Morgan fingerprint density at radius 3 is 2.72 bits per heavy atom. The lowest BCUT2D eigenvalue weighted by Gasteiger charge is -2.29. The molecule has 1 aliphatic heterocycles. The fraction of sp³-hybridized carbons (Fsp3) is 0.478. The van der Waals surface area contributed by atoms with E-state index in [9.17, 15) is 5.11 Å². The Morgan fingerprint density at radius 1 is 1.22 bits per heavy atom. The summed E-state index contributed by atoms with van der Waals surface area (Å²) in [5, 5.41) is 18.1. The summed E-state index contributed by atoms with van der Waals surface area (Å²) in [5.41, 5.74) is 3.58. The fourth-order valence-electron chi connectivity index (χ4n) is 3.82. The van der Waals surface area contributed by atoms with E-state index in [0.717, 1.165) is 41.4 Å². The van der Waals surface area contributed by atoms with Gasteiger partial charge >= 0.3 is 0 Å². The number of morpholine rings is 1. The summed E-state index contributed by atoms with van der Waals surface area (Å²) in [5.74, 6) is 1.86. The van der Waals surface area contributed by atoms with Crippen LogP contribution in [0.1, 0.15) is 25.3 Å². The molecule has 32 heavy (non-hydrogen) atoms. The smallest absolute Gasteiger partial charge is 0.161 e. The van der Waals surface area contributed by atoms with E-state index in [-0.39, 0.29) is 6.61 Å². The molecule has 1 fully saturated rings. The molecule has 1 aliphatic rings. The lowest BCUT2D eigenvalue weighted by Crippen LogP contribution is -2.37. The summed E-state index contributed by atoms with van der Waals surface area (Å²) >= 11 is 6.42. The highest BCUT2D eigenvalue weighted by molar-refractivity contribution is 6.31. The van der Waals surface area contributed by atoms with E-state index in [1.165, 1.54) is 0 Å². The van der Waals surface area contributed by atoms with Gasteiger partial charge in [-0.15, -0.1) is 0 Å². The molecule has 0 radical (unpaired) electrons. The van der Waals surface area contributed by atoms with E-state index in [4.69, 9.17) is 26.1 Å². The second-order valence-electron chi connectivity index (χ2n) is 8.29. The first kappa shape index (κ1) is 22.8. The zero-order valence-electron chi connectivity index (χ0n) is 18.7. The van der Waals surface area contributed by atoms with Crippen LogP contribution in [0.25, 0.3) is 16.9 Å². The summed E-state index contributed by atoms with van der Waals surface area (Å²) in [6.07, 6.45) is 1.29. The van der Waals surface area contributed by atoms with Crippen molar-refractivity contribution < 1.29 is 14.6 Å². The Hall–Kier alpha value is -2.39. The maximum atomic E-state index is 9.97. The molecule has 8 nitrogen and oxygen atoms in total. The van der Waals surface area contributed by atoms with Crippen molar-refractivity contribution in [1.82, 2.24) is 19.9 Å². The van der Waals surface area contributed by atoms with Crippen molar-refractivity contribution in [1.29, 1.82) is 0 Å². The van der Waals surface area contributed by atoms with Gasteiger partial charge in [0, 0.05) is 41.9 Å². The number of benzene rings is 1. The number of rotatable bonds is 8. The van der Waals surface area contributed by atoms with E-state index in [1.807, 2.05) is 28.9 Å². The number of likely N-dealkylation sites (N-methyl/N-ethyl adjacent to an activating group) is 1. The van der Waals surface area contributed by atoms with E-state index in [1.54, 1.807) is 13.1 Å². The van der Waals surface area contributed by atoms with Gasteiger partial charge in [0.15, 0.2) is 5.65 Å². The average molecular weight is 460 g/mol. The molecule has 2 aromatic heterocycles. The summed E-state index contributed by atoms with van der Waals surface area (Å²) < 4.78 is 13.3. The van der Waals surface area contributed by atoms with Crippen LogP contribution < -0.4 is 15.0 Å². The molecule has 1 atom stereocenters. The number of anilines is 1. The number of halogens is 1. The van der Waals surface area contributed by atoms with Gasteiger partial charge in [-0.1, -0.05) is 25.4 Å². The second-order valence-corrected chi connectivity index (χ2v) is 8.72. The van der Waals surface area contributed by atoms with Gasteiger partial charge in [-0.3, -0.25) is 0 Å².